The number of halogens is 2. The molecule has 1 fully saturated rings. The van der Waals surface area contributed by atoms with Crippen LogP contribution in [0, 0.1) is 6.92 Å². The van der Waals surface area contributed by atoms with E-state index in [1.54, 1.807) is 0 Å². The van der Waals surface area contributed by atoms with E-state index < -0.39 is 0 Å². The molecule has 3 heterocycles. The molecule has 1 saturated heterocycles. The van der Waals surface area contributed by atoms with Gasteiger partial charge in [-0.1, -0.05) is 6.07 Å². The Kier molecular flexibility index (Phi) is 7.70. The van der Waals surface area contributed by atoms with Crippen molar-refractivity contribution in [3.8, 4) is 11.1 Å². The SMILES string of the molecule is CCNC(=O)N1CCN(c2ccnc3ccc(-c4c[nH]nc4C)cc23)CC1.Cl.Cl. The number of urea groups is 1. The molecule has 9 heteroatoms. The first-order valence-corrected chi connectivity index (χ1v) is 9.34. The van der Waals surface area contributed by atoms with E-state index in [0.29, 0.717) is 6.54 Å². The van der Waals surface area contributed by atoms with Gasteiger partial charge < -0.3 is 15.1 Å². The zero-order valence-electron chi connectivity index (χ0n) is 16.5. The molecule has 0 aliphatic carbocycles. The summed E-state index contributed by atoms with van der Waals surface area (Å²) in [6, 6.07) is 8.42. The molecule has 2 aromatic heterocycles. The summed E-state index contributed by atoms with van der Waals surface area (Å²) in [5.74, 6) is 0. The number of aryl methyl sites for hydroxylation is 1. The maximum atomic E-state index is 12.0. The van der Waals surface area contributed by atoms with Crippen LogP contribution in [0.4, 0.5) is 10.5 Å². The Labute approximate surface area is 182 Å². The van der Waals surface area contributed by atoms with E-state index in [0.717, 1.165) is 53.9 Å². The first-order valence-electron chi connectivity index (χ1n) is 9.34. The fraction of sp³-hybridized carbons (Fsp3) is 0.350. The van der Waals surface area contributed by atoms with Crippen LogP contribution in [0.3, 0.4) is 0 Å². The number of benzene rings is 1. The lowest BCUT2D eigenvalue weighted by Gasteiger charge is -2.36. The molecule has 4 rings (SSSR count). The molecule has 2 amide bonds. The van der Waals surface area contributed by atoms with Gasteiger partial charge in [0.1, 0.15) is 0 Å². The van der Waals surface area contributed by atoms with Gasteiger partial charge >= 0.3 is 6.03 Å². The molecule has 3 aromatic rings. The van der Waals surface area contributed by atoms with E-state index in [4.69, 9.17) is 0 Å². The van der Waals surface area contributed by atoms with Gasteiger partial charge in [-0.25, -0.2) is 4.79 Å². The van der Waals surface area contributed by atoms with Crippen LogP contribution >= 0.6 is 24.8 Å². The number of hydrogen-bond donors (Lipinski definition) is 2. The van der Waals surface area contributed by atoms with Gasteiger partial charge in [0.15, 0.2) is 0 Å². The summed E-state index contributed by atoms with van der Waals surface area (Å²) in [4.78, 5) is 20.8. The molecule has 1 aliphatic heterocycles. The second kappa shape index (κ2) is 9.80. The maximum absolute atomic E-state index is 12.0. The molecule has 0 bridgehead atoms. The minimum absolute atomic E-state index is 0. The number of nitrogens with zero attached hydrogens (tertiary/aromatic N) is 4. The van der Waals surface area contributed by atoms with Gasteiger partial charge in [0, 0.05) is 61.8 Å². The lowest BCUT2D eigenvalue weighted by molar-refractivity contribution is 0.195. The van der Waals surface area contributed by atoms with E-state index in [1.165, 1.54) is 5.69 Å². The molecule has 0 atom stereocenters. The summed E-state index contributed by atoms with van der Waals surface area (Å²) in [5.41, 5.74) is 5.36. The monoisotopic (exact) mass is 436 g/mol. The summed E-state index contributed by atoms with van der Waals surface area (Å²) in [6.45, 7) is 7.66. The smallest absolute Gasteiger partial charge is 0.317 e. The average molecular weight is 437 g/mol. The van der Waals surface area contributed by atoms with Crippen LogP contribution in [0.2, 0.25) is 0 Å². The van der Waals surface area contributed by atoms with Crippen molar-refractivity contribution in [2.45, 2.75) is 13.8 Å². The molecule has 0 spiro atoms. The highest BCUT2D eigenvalue weighted by atomic mass is 35.5. The normalized spacial score (nSPS) is 13.6. The quantitative estimate of drug-likeness (QED) is 0.656. The van der Waals surface area contributed by atoms with Gasteiger partial charge in [-0.15, -0.1) is 24.8 Å². The number of carbonyl (C=O) groups excluding carboxylic acids is 1. The Morgan fingerprint density at radius 3 is 2.59 bits per heavy atom. The van der Waals surface area contributed by atoms with Crippen LogP contribution < -0.4 is 10.2 Å². The largest absolute Gasteiger partial charge is 0.367 e. The minimum atomic E-state index is 0. The number of carbonyl (C=O) groups is 1. The second-order valence-electron chi connectivity index (χ2n) is 6.76. The standard InChI is InChI=1S/C20H24N6O.2ClH/c1-3-21-20(27)26-10-8-25(9-11-26)19-6-7-22-18-5-4-15(12-16(18)19)17-13-23-24-14(17)2;;/h4-7,12-13H,3,8-11H2,1-2H3,(H,21,27)(H,23,24);2*1H. The topological polar surface area (TPSA) is 77.2 Å². The third kappa shape index (κ3) is 4.57. The number of amides is 2. The maximum Gasteiger partial charge on any atom is 0.317 e. The third-order valence-electron chi connectivity index (χ3n) is 5.10. The average Bonchev–Trinajstić information content (AvgIpc) is 3.13. The Balaban J connectivity index is 0.00000150. The van der Waals surface area contributed by atoms with E-state index >= 15 is 0 Å². The predicted molar refractivity (Wildman–Crippen MR) is 121 cm³/mol. The van der Waals surface area contributed by atoms with Crippen molar-refractivity contribution >= 4 is 47.4 Å². The number of fused-ring (bicyclic) bond motifs is 1. The van der Waals surface area contributed by atoms with E-state index in [2.05, 4.69) is 49.7 Å². The molecular formula is C20H26Cl2N6O. The second-order valence-corrected chi connectivity index (χ2v) is 6.76. The van der Waals surface area contributed by atoms with Gasteiger partial charge in [0.25, 0.3) is 0 Å². The first-order chi connectivity index (χ1) is 13.2. The van der Waals surface area contributed by atoms with Gasteiger partial charge in [0.05, 0.1) is 11.2 Å². The fourth-order valence-electron chi connectivity index (χ4n) is 3.64. The van der Waals surface area contributed by atoms with Crippen LogP contribution in [0.15, 0.2) is 36.7 Å². The third-order valence-corrected chi connectivity index (χ3v) is 5.10. The lowest BCUT2D eigenvalue weighted by Crippen LogP contribution is -2.51. The number of anilines is 1. The Morgan fingerprint density at radius 1 is 1.17 bits per heavy atom. The fourth-order valence-corrected chi connectivity index (χ4v) is 3.64. The number of piperazine rings is 1. The number of H-pyrrole nitrogens is 1. The Hall–Kier alpha value is -2.51. The number of aromatic amines is 1. The number of aromatic nitrogens is 3. The highest BCUT2D eigenvalue weighted by molar-refractivity contribution is 5.95. The minimum Gasteiger partial charge on any atom is -0.367 e. The first kappa shape index (κ1) is 22.8. The molecule has 1 aromatic carbocycles. The van der Waals surface area contributed by atoms with E-state index in [1.807, 2.05) is 31.1 Å². The molecule has 7 nitrogen and oxygen atoms in total. The van der Waals surface area contributed by atoms with Crippen molar-refractivity contribution in [1.29, 1.82) is 0 Å². The van der Waals surface area contributed by atoms with Gasteiger partial charge in [-0.2, -0.15) is 5.10 Å². The number of hydrogen-bond acceptors (Lipinski definition) is 4. The number of nitrogens with one attached hydrogen (secondary N) is 2. The molecule has 1 aliphatic rings. The highest BCUT2D eigenvalue weighted by Crippen LogP contribution is 2.31. The summed E-state index contributed by atoms with van der Waals surface area (Å²) < 4.78 is 0. The van der Waals surface area contributed by atoms with Crippen LogP contribution in [0.5, 0.6) is 0 Å². The van der Waals surface area contributed by atoms with Crippen molar-refractivity contribution < 1.29 is 4.79 Å². The lowest BCUT2D eigenvalue weighted by atomic mass is 10.0. The van der Waals surface area contributed by atoms with Crippen LogP contribution in [0.1, 0.15) is 12.6 Å². The molecule has 0 unspecified atom stereocenters. The molecule has 0 radical (unpaired) electrons. The highest BCUT2D eigenvalue weighted by Gasteiger charge is 2.22. The van der Waals surface area contributed by atoms with E-state index in [9.17, 15) is 4.79 Å². The van der Waals surface area contributed by atoms with Crippen molar-refractivity contribution in [3.63, 3.8) is 0 Å². The zero-order chi connectivity index (χ0) is 18.8. The molecular weight excluding hydrogens is 411 g/mol. The zero-order valence-corrected chi connectivity index (χ0v) is 18.1. The summed E-state index contributed by atoms with van der Waals surface area (Å²) >= 11 is 0. The molecule has 0 saturated carbocycles. The van der Waals surface area contributed by atoms with Crippen LogP contribution in [-0.4, -0.2) is 58.8 Å². The van der Waals surface area contributed by atoms with Crippen LogP contribution in [-0.2, 0) is 0 Å². The number of pyridine rings is 1. The summed E-state index contributed by atoms with van der Waals surface area (Å²) in [6.07, 6.45) is 3.79. The molecule has 2 N–H and O–H groups in total. The van der Waals surface area contributed by atoms with Gasteiger partial charge in [0.2, 0.25) is 0 Å². The Morgan fingerprint density at radius 2 is 1.93 bits per heavy atom. The van der Waals surface area contributed by atoms with Crippen molar-refractivity contribution in [2.75, 3.05) is 37.6 Å². The van der Waals surface area contributed by atoms with Crippen molar-refractivity contribution in [3.05, 3.63) is 42.4 Å². The summed E-state index contributed by atoms with van der Waals surface area (Å²) in [5, 5.41) is 11.2. The van der Waals surface area contributed by atoms with E-state index in [-0.39, 0.29) is 30.8 Å². The number of rotatable bonds is 3. The summed E-state index contributed by atoms with van der Waals surface area (Å²) in [7, 11) is 0. The predicted octanol–water partition coefficient (Wildman–Crippen LogP) is 3.63. The molecule has 29 heavy (non-hydrogen) atoms. The van der Waals surface area contributed by atoms with Gasteiger partial charge in [-0.05, 0) is 37.6 Å². The Bertz CT molecular complexity index is 969. The van der Waals surface area contributed by atoms with Crippen LogP contribution in [0.25, 0.3) is 22.0 Å². The van der Waals surface area contributed by atoms with Gasteiger partial charge in [-0.3, -0.25) is 10.1 Å². The van der Waals surface area contributed by atoms with Crippen molar-refractivity contribution in [2.24, 2.45) is 0 Å². The molecule has 156 valence electrons. The van der Waals surface area contributed by atoms with Crippen molar-refractivity contribution in [1.82, 2.24) is 25.4 Å².